The Morgan fingerprint density at radius 1 is 1.19 bits per heavy atom. The zero-order valence-electron chi connectivity index (χ0n) is 15.0. The lowest BCUT2D eigenvalue weighted by atomic mass is 10.0. The molecule has 5 nitrogen and oxygen atoms in total. The predicted molar refractivity (Wildman–Crippen MR) is 101 cm³/mol. The van der Waals surface area contributed by atoms with Crippen LogP contribution in [0.5, 0.6) is 5.75 Å². The van der Waals surface area contributed by atoms with Gasteiger partial charge in [-0.15, -0.1) is 0 Å². The molecule has 1 heterocycles. The molecule has 1 aromatic heterocycles. The fraction of sp³-hybridized carbons (Fsp3) is 0.238. The van der Waals surface area contributed by atoms with E-state index in [-0.39, 0.29) is 11.9 Å². The topological polar surface area (TPSA) is 67.0 Å². The first-order valence-corrected chi connectivity index (χ1v) is 8.62. The quantitative estimate of drug-likeness (QED) is 0.688. The summed E-state index contributed by atoms with van der Waals surface area (Å²) >= 11 is 0. The summed E-state index contributed by atoms with van der Waals surface area (Å²) in [5, 5.41) is 3.15. The van der Waals surface area contributed by atoms with Crippen LogP contribution >= 0.6 is 0 Å². The maximum Gasteiger partial charge on any atom is 0.251 e. The Hall–Kier alpha value is -3.08. The van der Waals surface area contributed by atoms with Gasteiger partial charge in [0.25, 0.3) is 5.91 Å². The number of imidazole rings is 1. The van der Waals surface area contributed by atoms with E-state index >= 15 is 0 Å². The molecule has 26 heavy (non-hydrogen) atoms. The standard InChI is InChI=1S/C21H23N3O2/c1-15-8-9-17(11-20(15)26-2)21(25)24-18(12-19-13-22-14-23-19)10-16-6-4-3-5-7-16/h3-9,11,13-14,18H,10,12H2,1-2H3,(H,22,23)(H,24,25)/t18-/m1/s1. The van der Waals surface area contributed by atoms with E-state index in [9.17, 15) is 4.79 Å². The van der Waals surface area contributed by atoms with Gasteiger partial charge in [0.15, 0.2) is 0 Å². The third-order valence-corrected chi connectivity index (χ3v) is 4.35. The molecule has 2 N–H and O–H groups in total. The summed E-state index contributed by atoms with van der Waals surface area (Å²) in [6, 6.07) is 15.6. The van der Waals surface area contributed by atoms with Gasteiger partial charge in [-0.05, 0) is 36.6 Å². The average molecular weight is 349 g/mol. The number of H-pyrrole nitrogens is 1. The number of aromatic nitrogens is 2. The van der Waals surface area contributed by atoms with Gasteiger partial charge >= 0.3 is 0 Å². The van der Waals surface area contributed by atoms with Crippen molar-refractivity contribution in [1.29, 1.82) is 0 Å². The SMILES string of the molecule is COc1cc(C(=O)N[C@H](Cc2ccccc2)Cc2cnc[nH]2)ccc1C. The number of amides is 1. The van der Waals surface area contributed by atoms with Crippen molar-refractivity contribution < 1.29 is 9.53 Å². The van der Waals surface area contributed by atoms with Gasteiger partial charge in [0, 0.05) is 29.9 Å². The minimum atomic E-state index is -0.108. The number of nitrogens with zero attached hydrogens (tertiary/aromatic N) is 1. The van der Waals surface area contributed by atoms with Gasteiger partial charge in [0.05, 0.1) is 13.4 Å². The first-order valence-electron chi connectivity index (χ1n) is 8.62. The average Bonchev–Trinajstić information content (AvgIpc) is 3.16. The van der Waals surface area contributed by atoms with Crippen LogP contribution in [-0.2, 0) is 12.8 Å². The normalized spacial score (nSPS) is 11.8. The van der Waals surface area contributed by atoms with E-state index in [0.717, 1.165) is 17.7 Å². The van der Waals surface area contributed by atoms with Crippen LogP contribution in [0, 0.1) is 6.92 Å². The van der Waals surface area contributed by atoms with E-state index in [4.69, 9.17) is 4.74 Å². The summed E-state index contributed by atoms with van der Waals surface area (Å²) in [5.41, 5.74) is 3.77. The summed E-state index contributed by atoms with van der Waals surface area (Å²) in [4.78, 5) is 19.9. The molecular weight excluding hydrogens is 326 g/mol. The molecule has 1 amide bonds. The van der Waals surface area contributed by atoms with Crippen LogP contribution in [0.3, 0.4) is 0 Å². The van der Waals surface area contributed by atoms with Crippen LogP contribution in [0.1, 0.15) is 27.2 Å². The maximum absolute atomic E-state index is 12.8. The van der Waals surface area contributed by atoms with Crippen molar-refractivity contribution in [2.45, 2.75) is 25.8 Å². The minimum absolute atomic E-state index is 0.0438. The molecule has 5 heteroatoms. The van der Waals surface area contributed by atoms with Crippen LogP contribution < -0.4 is 10.1 Å². The van der Waals surface area contributed by atoms with Gasteiger partial charge in [-0.3, -0.25) is 4.79 Å². The fourth-order valence-electron chi connectivity index (χ4n) is 2.96. The summed E-state index contributed by atoms with van der Waals surface area (Å²) in [6.45, 7) is 1.96. The zero-order chi connectivity index (χ0) is 18.4. The Labute approximate surface area is 153 Å². The fourth-order valence-corrected chi connectivity index (χ4v) is 2.96. The van der Waals surface area contributed by atoms with E-state index in [0.29, 0.717) is 17.7 Å². The lowest BCUT2D eigenvalue weighted by Crippen LogP contribution is -2.38. The Balaban J connectivity index is 1.76. The maximum atomic E-state index is 12.8. The number of ether oxygens (including phenoxy) is 1. The largest absolute Gasteiger partial charge is 0.496 e. The molecule has 2 aromatic carbocycles. The smallest absolute Gasteiger partial charge is 0.251 e. The number of benzene rings is 2. The number of aromatic amines is 1. The van der Waals surface area contributed by atoms with Gasteiger partial charge in [0.1, 0.15) is 5.75 Å². The van der Waals surface area contributed by atoms with Crippen LogP contribution in [0.25, 0.3) is 0 Å². The lowest BCUT2D eigenvalue weighted by Gasteiger charge is -2.19. The van der Waals surface area contributed by atoms with Crippen molar-refractivity contribution in [2.24, 2.45) is 0 Å². The number of hydrogen-bond acceptors (Lipinski definition) is 3. The highest BCUT2D eigenvalue weighted by molar-refractivity contribution is 5.95. The van der Waals surface area contributed by atoms with Crippen LogP contribution in [0.15, 0.2) is 61.1 Å². The Morgan fingerprint density at radius 2 is 2.00 bits per heavy atom. The van der Waals surface area contributed by atoms with Crippen molar-refractivity contribution in [3.05, 3.63) is 83.4 Å². The van der Waals surface area contributed by atoms with Crippen molar-refractivity contribution in [2.75, 3.05) is 7.11 Å². The number of hydrogen-bond donors (Lipinski definition) is 2. The summed E-state index contributed by atoms with van der Waals surface area (Å²) in [6.07, 6.45) is 4.87. The molecule has 0 aliphatic rings. The summed E-state index contributed by atoms with van der Waals surface area (Å²) in [7, 11) is 1.61. The van der Waals surface area contributed by atoms with E-state index < -0.39 is 0 Å². The van der Waals surface area contributed by atoms with Crippen LogP contribution in [0.4, 0.5) is 0 Å². The molecule has 0 aliphatic heterocycles. The zero-order valence-corrected chi connectivity index (χ0v) is 15.0. The third-order valence-electron chi connectivity index (χ3n) is 4.35. The summed E-state index contributed by atoms with van der Waals surface area (Å²) in [5.74, 6) is 0.606. The Bertz CT molecular complexity index is 845. The second kappa shape index (κ2) is 8.34. The molecule has 0 fully saturated rings. The van der Waals surface area contributed by atoms with E-state index in [2.05, 4.69) is 27.4 Å². The van der Waals surface area contributed by atoms with Gasteiger partial charge in [-0.25, -0.2) is 4.98 Å². The molecule has 0 unspecified atom stereocenters. The Kier molecular flexibility index (Phi) is 5.69. The molecule has 0 bridgehead atoms. The van der Waals surface area contributed by atoms with Crippen molar-refractivity contribution in [1.82, 2.24) is 15.3 Å². The molecule has 3 rings (SSSR count). The molecule has 1 atom stereocenters. The van der Waals surface area contributed by atoms with Crippen LogP contribution in [0.2, 0.25) is 0 Å². The van der Waals surface area contributed by atoms with Gasteiger partial charge in [-0.2, -0.15) is 0 Å². The number of rotatable bonds is 7. The molecule has 0 saturated carbocycles. The molecule has 134 valence electrons. The number of carbonyl (C=O) groups is 1. The predicted octanol–water partition coefficient (Wildman–Crippen LogP) is 3.31. The second-order valence-electron chi connectivity index (χ2n) is 6.33. The number of methoxy groups -OCH3 is 1. The minimum Gasteiger partial charge on any atom is -0.496 e. The van der Waals surface area contributed by atoms with Gasteiger partial charge in [-0.1, -0.05) is 36.4 Å². The highest BCUT2D eigenvalue weighted by Gasteiger charge is 2.17. The molecule has 0 radical (unpaired) electrons. The first-order chi connectivity index (χ1) is 12.7. The molecule has 3 aromatic rings. The third kappa shape index (κ3) is 4.51. The van der Waals surface area contributed by atoms with Crippen molar-refractivity contribution in [3.63, 3.8) is 0 Å². The van der Waals surface area contributed by atoms with Gasteiger partial charge in [0.2, 0.25) is 0 Å². The highest BCUT2D eigenvalue weighted by Crippen LogP contribution is 2.19. The molecule has 0 saturated heterocycles. The first kappa shape index (κ1) is 17.7. The molecule has 0 spiro atoms. The van der Waals surface area contributed by atoms with Crippen molar-refractivity contribution >= 4 is 5.91 Å². The monoisotopic (exact) mass is 349 g/mol. The van der Waals surface area contributed by atoms with E-state index in [1.807, 2.05) is 37.3 Å². The van der Waals surface area contributed by atoms with Gasteiger partial charge < -0.3 is 15.0 Å². The van der Waals surface area contributed by atoms with E-state index in [1.165, 1.54) is 5.56 Å². The lowest BCUT2D eigenvalue weighted by molar-refractivity contribution is 0.0936. The summed E-state index contributed by atoms with van der Waals surface area (Å²) < 4.78 is 5.33. The molecular formula is C21H23N3O2. The highest BCUT2D eigenvalue weighted by atomic mass is 16.5. The van der Waals surface area contributed by atoms with Crippen molar-refractivity contribution in [3.8, 4) is 5.75 Å². The second-order valence-corrected chi connectivity index (χ2v) is 6.33. The number of aryl methyl sites for hydroxylation is 1. The van der Waals surface area contributed by atoms with Crippen LogP contribution in [-0.4, -0.2) is 29.0 Å². The van der Waals surface area contributed by atoms with E-state index in [1.54, 1.807) is 25.7 Å². The Morgan fingerprint density at radius 3 is 2.69 bits per heavy atom. The number of nitrogens with one attached hydrogen (secondary N) is 2. The number of carbonyl (C=O) groups excluding carboxylic acids is 1. The molecule has 0 aliphatic carbocycles.